The maximum Gasteiger partial charge on any atom is 0.288 e. The molecule has 0 fully saturated rings. The molecule has 1 amide bonds. The Hall–Kier alpha value is -2.59. The van der Waals surface area contributed by atoms with Gasteiger partial charge in [-0.1, -0.05) is 41.4 Å². The fraction of sp³-hybridized carbons (Fsp3) is 0.111. The first kappa shape index (κ1) is 15.3. The zero-order valence-corrected chi connectivity index (χ0v) is 13.6. The Balaban J connectivity index is 1.78. The number of aromatic nitrogens is 1. The molecule has 0 aliphatic heterocycles. The van der Waals surface area contributed by atoms with Crippen LogP contribution < -0.4 is 5.43 Å². The second-order valence-electron chi connectivity index (χ2n) is 5.42. The topological polar surface area (TPSA) is 57.2 Å². The van der Waals surface area contributed by atoms with Crippen molar-refractivity contribution >= 4 is 34.6 Å². The van der Waals surface area contributed by atoms with E-state index in [0.717, 1.165) is 22.0 Å². The molecule has 0 saturated carbocycles. The van der Waals surface area contributed by atoms with E-state index < -0.39 is 0 Å². The zero-order chi connectivity index (χ0) is 16.4. The van der Waals surface area contributed by atoms with Crippen molar-refractivity contribution in [2.45, 2.75) is 13.8 Å². The largest absolute Gasteiger partial charge is 0.350 e. The molecule has 0 radical (unpaired) electrons. The van der Waals surface area contributed by atoms with Crippen molar-refractivity contribution in [3.63, 3.8) is 0 Å². The summed E-state index contributed by atoms with van der Waals surface area (Å²) in [7, 11) is 0. The number of nitrogens with zero attached hydrogens (tertiary/aromatic N) is 1. The highest BCUT2D eigenvalue weighted by Gasteiger charge is 2.14. The van der Waals surface area contributed by atoms with Crippen LogP contribution in [-0.4, -0.2) is 17.1 Å². The average Bonchev–Trinajstić information content (AvgIpc) is 2.86. The lowest BCUT2D eigenvalue weighted by molar-refractivity contribution is 0.0950. The van der Waals surface area contributed by atoms with E-state index in [2.05, 4.69) is 15.5 Å². The van der Waals surface area contributed by atoms with E-state index in [1.165, 1.54) is 5.56 Å². The molecule has 0 aliphatic carbocycles. The number of fused-ring (bicyclic) bond motifs is 1. The van der Waals surface area contributed by atoms with E-state index in [-0.39, 0.29) is 5.91 Å². The molecule has 0 saturated heterocycles. The van der Waals surface area contributed by atoms with E-state index in [4.69, 9.17) is 11.6 Å². The molecule has 1 aromatic heterocycles. The van der Waals surface area contributed by atoms with Gasteiger partial charge in [0, 0.05) is 15.9 Å². The third-order valence-corrected chi connectivity index (χ3v) is 3.94. The first-order valence-electron chi connectivity index (χ1n) is 7.22. The van der Waals surface area contributed by atoms with Gasteiger partial charge in [0.05, 0.1) is 6.21 Å². The quantitative estimate of drug-likeness (QED) is 0.550. The van der Waals surface area contributed by atoms with Gasteiger partial charge in [-0.3, -0.25) is 4.79 Å². The van der Waals surface area contributed by atoms with E-state index in [1.54, 1.807) is 12.3 Å². The fourth-order valence-corrected chi connectivity index (χ4v) is 2.57. The number of benzene rings is 2. The van der Waals surface area contributed by atoms with Crippen LogP contribution in [0, 0.1) is 13.8 Å². The van der Waals surface area contributed by atoms with Gasteiger partial charge in [0.15, 0.2) is 0 Å². The Morgan fingerprint density at radius 2 is 1.91 bits per heavy atom. The maximum absolute atomic E-state index is 12.3. The third-order valence-electron chi connectivity index (χ3n) is 3.70. The maximum atomic E-state index is 12.3. The predicted molar refractivity (Wildman–Crippen MR) is 94.3 cm³/mol. The molecule has 0 atom stereocenters. The summed E-state index contributed by atoms with van der Waals surface area (Å²) >= 11 is 6.00. The molecule has 4 nitrogen and oxygen atoms in total. The lowest BCUT2D eigenvalue weighted by atomic mass is 10.1. The molecule has 0 unspecified atom stereocenters. The van der Waals surface area contributed by atoms with Gasteiger partial charge in [0.25, 0.3) is 5.91 Å². The summed E-state index contributed by atoms with van der Waals surface area (Å²) in [6, 6.07) is 13.4. The number of carbonyl (C=O) groups is 1. The van der Waals surface area contributed by atoms with Crippen LogP contribution in [0.1, 0.15) is 27.2 Å². The SMILES string of the molecule is Cc1ccc(C=NNC(=O)c2[nH]c3ccc(Cl)cc3c2C)cc1. The van der Waals surface area contributed by atoms with Crippen LogP contribution in [0.25, 0.3) is 10.9 Å². The van der Waals surface area contributed by atoms with E-state index in [9.17, 15) is 4.79 Å². The number of aryl methyl sites for hydroxylation is 2. The van der Waals surface area contributed by atoms with Crippen LogP contribution in [0.5, 0.6) is 0 Å². The van der Waals surface area contributed by atoms with Crippen molar-refractivity contribution in [1.29, 1.82) is 0 Å². The summed E-state index contributed by atoms with van der Waals surface area (Å²) in [5.41, 5.74) is 6.87. The van der Waals surface area contributed by atoms with Crippen LogP contribution in [-0.2, 0) is 0 Å². The van der Waals surface area contributed by atoms with Crippen LogP contribution in [0.2, 0.25) is 5.02 Å². The Morgan fingerprint density at radius 1 is 1.17 bits per heavy atom. The highest BCUT2D eigenvalue weighted by atomic mass is 35.5. The number of hydrogen-bond acceptors (Lipinski definition) is 2. The van der Waals surface area contributed by atoms with Gasteiger partial charge >= 0.3 is 0 Å². The van der Waals surface area contributed by atoms with Crippen molar-refractivity contribution in [2.24, 2.45) is 5.10 Å². The molecule has 3 aromatic rings. The number of hydrogen-bond donors (Lipinski definition) is 2. The van der Waals surface area contributed by atoms with Crippen molar-refractivity contribution in [3.05, 3.63) is 69.9 Å². The molecule has 2 aromatic carbocycles. The molecule has 3 rings (SSSR count). The van der Waals surface area contributed by atoms with Gasteiger partial charge in [0.2, 0.25) is 0 Å². The minimum atomic E-state index is -0.279. The Labute approximate surface area is 139 Å². The third kappa shape index (κ3) is 3.27. The van der Waals surface area contributed by atoms with Crippen molar-refractivity contribution in [3.8, 4) is 0 Å². The molecule has 0 aliphatic rings. The number of rotatable bonds is 3. The molecule has 0 spiro atoms. The molecular formula is C18H16ClN3O. The van der Waals surface area contributed by atoms with Gasteiger partial charge < -0.3 is 4.98 Å². The number of carbonyl (C=O) groups excluding carboxylic acids is 1. The van der Waals surface area contributed by atoms with Crippen molar-refractivity contribution in [2.75, 3.05) is 0 Å². The van der Waals surface area contributed by atoms with E-state index >= 15 is 0 Å². The summed E-state index contributed by atoms with van der Waals surface area (Å²) < 4.78 is 0. The number of aromatic amines is 1. The molecule has 116 valence electrons. The van der Waals surface area contributed by atoms with Crippen LogP contribution in [0.3, 0.4) is 0 Å². The predicted octanol–water partition coefficient (Wildman–Crippen LogP) is 4.20. The van der Waals surface area contributed by atoms with Gasteiger partial charge in [-0.05, 0) is 43.2 Å². The van der Waals surface area contributed by atoms with Gasteiger partial charge in [-0.15, -0.1) is 0 Å². The standard InChI is InChI=1S/C18H16ClN3O/c1-11-3-5-13(6-4-11)10-20-22-18(23)17-12(2)15-9-14(19)7-8-16(15)21-17/h3-10,21H,1-2H3,(H,22,23). The lowest BCUT2D eigenvalue weighted by Crippen LogP contribution is -2.18. The van der Waals surface area contributed by atoms with Gasteiger partial charge in [-0.25, -0.2) is 5.43 Å². The highest BCUT2D eigenvalue weighted by molar-refractivity contribution is 6.31. The summed E-state index contributed by atoms with van der Waals surface area (Å²) in [6.45, 7) is 3.90. The second-order valence-corrected chi connectivity index (χ2v) is 5.86. The van der Waals surface area contributed by atoms with Crippen LogP contribution >= 0.6 is 11.6 Å². The molecule has 5 heteroatoms. The zero-order valence-electron chi connectivity index (χ0n) is 12.9. The molecular weight excluding hydrogens is 310 g/mol. The normalized spacial score (nSPS) is 11.3. The molecule has 0 bridgehead atoms. The van der Waals surface area contributed by atoms with E-state index in [0.29, 0.717) is 10.7 Å². The summed E-state index contributed by atoms with van der Waals surface area (Å²) in [5.74, 6) is -0.279. The minimum Gasteiger partial charge on any atom is -0.350 e. The number of halogens is 1. The molecule has 23 heavy (non-hydrogen) atoms. The highest BCUT2D eigenvalue weighted by Crippen LogP contribution is 2.24. The second kappa shape index (κ2) is 6.26. The first-order chi connectivity index (χ1) is 11.0. The lowest BCUT2D eigenvalue weighted by Gasteiger charge is -1.99. The Kier molecular flexibility index (Phi) is 4.17. The van der Waals surface area contributed by atoms with Crippen LogP contribution in [0.4, 0.5) is 0 Å². The molecule has 2 N–H and O–H groups in total. The number of hydrazone groups is 1. The van der Waals surface area contributed by atoms with Gasteiger partial charge in [0.1, 0.15) is 5.69 Å². The van der Waals surface area contributed by atoms with Crippen LogP contribution in [0.15, 0.2) is 47.6 Å². The van der Waals surface area contributed by atoms with Crippen molar-refractivity contribution in [1.82, 2.24) is 10.4 Å². The number of nitrogens with one attached hydrogen (secondary N) is 2. The monoisotopic (exact) mass is 325 g/mol. The first-order valence-corrected chi connectivity index (χ1v) is 7.60. The molecule has 1 heterocycles. The van der Waals surface area contributed by atoms with Crippen molar-refractivity contribution < 1.29 is 4.79 Å². The number of H-pyrrole nitrogens is 1. The van der Waals surface area contributed by atoms with Gasteiger partial charge in [-0.2, -0.15) is 5.10 Å². The fourth-order valence-electron chi connectivity index (χ4n) is 2.40. The Bertz CT molecular complexity index is 895. The smallest absolute Gasteiger partial charge is 0.288 e. The summed E-state index contributed by atoms with van der Waals surface area (Å²) in [6.07, 6.45) is 1.62. The minimum absolute atomic E-state index is 0.279. The summed E-state index contributed by atoms with van der Waals surface area (Å²) in [4.78, 5) is 15.4. The Morgan fingerprint density at radius 3 is 2.65 bits per heavy atom. The van der Waals surface area contributed by atoms with E-state index in [1.807, 2.05) is 50.2 Å². The average molecular weight is 326 g/mol. The number of amides is 1. The summed E-state index contributed by atoms with van der Waals surface area (Å²) in [5, 5.41) is 5.58.